The van der Waals surface area contributed by atoms with Crippen molar-refractivity contribution in [3.8, 4) is 5.75 Å². The SMILES string of the molecule is Cc1cc(C)cc(OCC(C)(C)CBr)c1. The zero-order valence-electron chi connectivity index (χ0n) is 9.93. The lowest BCUT2D eigenvalue weighted by Crippen LogP contribution is -2.22. The van der Waals surface area contributed by atoms with Crippen LogP contribution < -0.4 is 4.74 Å². The molecule has 15 heavy (non-hydrogen) atoms. The van der Waals surface area contributed by atoms with Gasteiger partial charge in [-0.3, -0.25) is 0 Å². The van der Waals surface area contributed by atoms with Gasteiger partial charge in [0.15, 0.2) is 0 Å². The average molecular weight is 271 g/mol. The Kier molecular flexibility index (Phi) is 4.21. The third-order valence-electron chi connectivity index (χ3n) is 2.19. The van der Waals surface area contributed by atoms with Crippen molar-refractivity contribution in [3.63, 3.8) is 0 Å². The molecule has 0 unspecified atom stereocenters. The topological polar surface area (TPSA) is 9.23 Å². The summed E-state index contributed by atoms with van der Waals surface area (Å²) in [5.41, 5.74) is 2.68. The summed E-state index contributed by atoms with van der Waals surface area (Å²) in [7, 11) is 0. The molecule has 0 saturated heterocycles. The molecule has 0 fully saturated rings. The minimum absolute atomic E-state index is 0.178. The van der Waals surface area contributed by atoms with E-state index in [9.17, 15) is 0 Å². The molecule has 84 valence electrons. The molecule has 2 heteroatoms. The van der Waals surface area contributed by atoms with Crippen LogP contribution in [0, 0.1) is 19.3 Å². The fraction of sp³-hybridized carbons (Fsp3) is 0.538. The first-order chi connectivity index (χ1) is 6.93. The second kappa shape index (κ2) is 5.02. The molecule has 1 rings (SSSR count). The van der Waals surface area contributed by atoms with Crippen LogP contribution >= 0.6 is 15.9 Å². The predicted molar refractivity (Wildman–Crippen MR) is 69.0 cm³/mol. The summed E-state index contributed by atoms with van der Waals surface area (Å²) < 4.78 is 5.79. The van der Waals surface area contributed by atoms with E-state index in [2.05, 4.69) is 61.8 Å². The molecule has 0 saturated carbocycles. The van der Waals surface area contributed by atoms with Gasteiger partial charge >= 0.3 is 0 Å². The van der Waals surface area contributed by atoms with Crippen LogP contribution in [-0.4, -0.2) is 11.9 Å². The van der Waals surface area contributed by atoms with Crippen molar-refractivity contribution in [2.75, 3.05) is 11.9 Å². The zero-order chi connectivity index (χ0) is 11.5. The quantitative estimate of drug-likeness (QED) is 0.749. The van der Waals surface area contributed by atoms with Gasteiger partial charge in [-0.25, -0.2) is 0 Å². The number of rotatable bonds is 4. The van der Waals surface area contributed by atoms with Gasteiger partial charge < -0.3 is 4.74 Å². The number of benzene rings is 1. The van der Waals surface area contributed by atoms with Crippen molar-refractivity contribution in [2.45, 2.75) is 27.7 Å². The molecule has 0 spiro atoms. The van der Waals surface area contributed by atoms with E-state index < -0.39 is 0 Å². The number of ether oxygens (including phenoxy) is 1. The van der Waals surface area contributed by atoms with Crippen LogP contribution in [0.25, 0.3) is 0 Å². The molecule has 0 aliphatic carbocycles. The Morgan fingerprint density at radius 2 is 1.67 bits per heavy atom. The van der Waals surface area contributed by atoms with Gasteiger partial charge in [-0.2, -0.15) is 0 Å². The first-order valence-electron chi connectivity index (χ1n) is 5.20. The second-order valence-electron chi connectivity index (χ2n) is 4.91. The molecular weight excluding hydrogens is 252 g/mol. The largest absolute Gasteiger partial charge is 0.493 e. The molecular formula is C13H19BrO. The highest BCUT2D eigenvalue weighted by molar-refractivity contribution is 9.09. The van der Waals surface area contributed by atoms with Crippen molar-refractivity contribution in [1.29, 1.82) is 0 Å². The minimum atomic E-state index is 0.178. The van der Waals surface area contributed by atoms with Gasteiger partial charge in [0.25, 0.3) is 0 Å². The molecule has 1 aromatic rings. The third kappa shape index (κ3) is 4.25. The first-order valence-corrected chi connectivity index (χ1v) is 6.32. The van der Waals surface area contributed by atoms with Crippen LogP contribution in [0.5, 0.6) is 5.75 Å². The Labute approximate surface area is 101 Å². The van der Waals surface area contributed by atoms with E-state index >= 15 is 0 Å². The Morgan fingerprint density at radius 3 is 2.13 bits per heavy atom. The van der Waals surface area contributed by atoms with Gasteiger partial charge in [0.05, 0.1) is 6.61 Å². The van der Waals surface area contributed by atoms with E-state index in [0.717, 1.165) is 17.7 Å². The fourth-order valence-electron chi connectivity index (χ4n) is 1.33. The summed E-state index contributed by atoms with van der Waals surface area (Å²) in [5.74, 6) is 0.974. The van der Waals surface area contributed by atoms with Gasteiger partial charge in [0.2, 0.25) is 0 Å². The Hall–Kier alpha value is -0.500. The molecule has 0 radical (unpaired) electrons. The van der Waals surface area contributed by atoms with Gasteiger partial charge in [0, 0.05) is 10.7 Å². The Bertz CT molecular complexity index is 311. The third-order valence-corrected chi connectivity index (χ3v) is 3.70. The van der Waals surface area contributed by atoms with Gasteiger partial charge in [-0.05, 0) is 37.1 Å². The molecule has 0 aliphatic heterocycles. The van der Waals surface area contributed by atoms with Gasteiger partial charge in [0.1, 0.15) is 5.75 Å². The smallest absolute Gasteiger partial charge is 0.119 e. The van der Waals surface area contributed by atoms with E-state index in [0.29, 0.717) is 0 Å². The molecule has 0 aliphatic rings. The lowest BCUT2D eigenvalue weighted by Gasteiger charge is -2.22. The van der Waals surface area contributed by atoms with Crippen LogP contribution in [-0.2, 0) is 0 Å². The average Bonchev–Trinajstić information content (AvgIpc) is 2.14. The molecule has 0 N–H and O–H groups in total. The maximum atomic E-state index is 5.79. The van der Waals surface area contributed by atoms with Gasteiger partial charge in [-0.15, -0.1) is 0 Å². The normalized spacial score (nSPS) is 11.5. The summed E-state index contributed by atoms with van der Waals surface area (Å²) >= 11 is 3.49. The summed E-state index contributed by atoms with van der Waals surface area (Å²) in [6.45, 7) is 9.29. The lowest BCUT2D eigenvalue weighted by molar-refractivity contribution is 0.203. The van der Waals surface area contributed by atoms with E-state index in [1.54, 1.807) is 0 Å². The molecule has 0 atom stereocenters. The molecule has 0 aromatic heterocycles. The zero-order valence-corrected chi connectivity index (χ0v) is 11.5. The number of hydrogen-bond acceptors (Lipinski definition) is 1. The van der Waals surface area contributed by atoms with Crippen LogP contribution in [0.4, 0.5) is 0 Å². The Balaban J connectivity index is 2.65. The molecule has 1 aromatic carbocycles. The molecule has 0 amide bonds. The van der Waals surface area contributed by atoms with E-state index in [4.69, 9.17) is 4.74 Å². The van der Waals surface area contributed by atoms with Crippen LogP contribution in [0.1, 0.15) is 25.0 Å². The van der Waals surface area contributed by atoms with Crippen molar-refractivity contribution in [2.24, 2.45) is 5.41 Å². The predicted octanol–water partition coefficient (Wildman–Crippen LogP) is 4.10. The fourth-order valence-corrected chi connectivity index (χ4v) is 1.50. The Morgan fingerprint density at radius 1 is 1.13 bits per heavy atom. The summed E-state index contributed by atoms with van der Waals surface area (Å²) in [4.78, 5) is 0. The van der Waals surface area contributed by atoms with E-state index in [1.807, 2.05) is 0 Å². The maximum Gasteiger partial charge on any atom is 0.119 e. The summed E-state index contributed by atoms with van der Waals surface area (Å²) in [6, 6.07) is 6.32. The highest BCUT2D eigenvalue weighted by Gasteiger charge is 2.16. The number of halogens is 1. The molecule has 0 heterocycles. The first kappa shape index (κ1) is 12.6. The monoisotopic (exact) mass is 270 g/mol. The lowest BCUT2D eigenvalue weighted by atomic mass is 9.98. The summed E-state index contributed by atoms with van der Waals surface area (Å²) in [5, 5.41) is 0.949. The maximum absolute atomic E-state index is 5.79. The van der Waals surface area contributed by atoms with Crippen molar-refractivity contribution < 1.29 is 4.74 Å². The standard InChI is InChI=1S/C13H19BrO/c1-10-5-11(2)7-12(6-10)15-9-13(3,4)8-14/h5-7H,8-9H2,1-4H3. The summed E-state index contributed by atoms with van der Waals surface area (Å²) in [6.07, 6.45) is 0. The van der Waals surface area contributed by atoms with Gasteiger partial charge in [-0.1, -0.05) is 35.8 Å². The number of aryl methyl sites for hydroxylation is 2. The highest BCUT2D eigenvalue weighted by Crippen LogP contribution is 2.22. The van der Waals surface area contributed by atoms with Crippen molar-refractivity contribution in [1.82, 2.24) is 0 Å². The van der Waals surface area contributed by atoms with Crippen molar-refractivity contribution in [3.05, 3.63) is 29.3 Å². The van der Waals surface area contributed by atoms with E-state index in [1.165, 1.54) is 11.1 Å². The van der Waals surface area contributed by atoms with Crippen LogP contribution in [0.2, 0.25) is 0 Å². The van der Waals surface area contributed by atoms with Crippen LogP contribution in [0.3, 0.4) is 0 Å². The number of alkyl halides is 1. The molecule has 0 bridgehead atoms. The minimum Gasteiger partial charge on any atom is -0.493 e. The molecule has 1 nitrogen and oxygen atoms in total. The van der Waals surface area contributed by atoms with E-state index in [-0.39, 0.29) is 5.41 Å². The highest BCUT2D eigenvalue weighted by atomic mass is 79.9. The van der Waals surface area contributed by atoms with Crippen LogP contribution in [0.15, 0.2) is 18.2 Å². The number of hydrogen-bond donors (Lipinski definition) is 0. The van der Waals surface area contributed by atoms with Crippen molar-refractivity contribution >= 4 is 15.9 Å². The second-order valence-corrected chi connectivity index (χ2v) is 5.47.